The first-order valence-corrected chi connectivity index (χ1v) is 7.59. The maximum absolute atomic E-state index is 10.2. The summed E-state index contributed by atoms with van der Waals surface area (Å²) in [4.78, 5) is 0. The molecule has 0 aliphatic rings. The quantitative estimate of drug-likeness (QED) is 0.861. The van der Waals surface area contributed by atoms with Crippen LogP contribution < -0.4 is 5.32 Å². The Balaban J connectivity index is 1.91. The molecule has 0 aromatic heterocycles. The average molecular weight is 334 g/mol. The minimum atomic E-state index is -0.478. The van der Waals surface area contributed by atoms with Gasteiger partial charge in [0.2, 0.25) is 0 Å². The molecule has 0 amide bonds. The molecule has 0 spiro atoms. The zero-order valence-electron chi connectivity index (χ0n) is 11.8. The van der Waals surface area contributed by atoms with Crippen LogP contribution in [0.25, 0.3) is 0 Å². The molecule has 0 aliphatic carbocycles. The van der Waals surface area contributed by atoms with Crippen molar-refractivity contribution in [3.63, 3.8) is 0 Å². The SMILES string of the molecule is Cc1ccc([C@@H](O)CN[C@@H](C)c2ccc(Br)cc2)cc1. The highest BCUT2D eigenvalue weighted by atomic mass is 79.9. The number of rotatable bonds is 5. The van der Waals surface area contributed by atoms with Crippen molar-refractivity contribution in [3.05, 3.63) is 69.7 Å². The van der Waals surface area contributed by atoms with Crippen molar-refractivity contribution in [1.82, 2.24) is 5.32 Å². The zero-order valence-corrected chi connectivity index (χ0v) is 13.4. The Kier molecular flexibility index (Phi) is 5.35. The van der Waals surface area contributed by atoms with Gasteiger partial charge in [0.05, 0.1) is 6.10 Å². The summed E-state index contributed by atoms with van der Waals surface area (Å²) in [5, 5.41) is 13.5. The van der Waals surface area contributed by atoms with Gasteiger partial charge in [0, 0.05) is 17.1 Å². The Bertz CT molecular complexity index is 484. The molecule has 0 fully saturated rings. The summed E-state index contributed by atoms with van der Waals surface area (Å²) in [5.41, 5.74) is 3.37. The van der Waals surface area contributed by atoms with E-state index in [4.69, 9.17) is 0 Å². The molecule has 0 bridgehead atoms. The highest BCUT2D eigenvalue weighted by molar-refractivity contribution is 9.10. The van der Waals surface area contributed by atoms with E-state index in [1.807, 2.05) is 43.3 Å². The summed E-state index contributed by atoms with van der Waals surface area (Å²) in [6.07, 6.45) is -0.478. The first kappa shape index (κ1) is 15.2. The lowest BCUT2D eigenvalue weighted by Crippen LogP contribution is -2.24. The minimum absolute atomic E-state index is 0.211. The van der Waals surface area contributed by atoms with Gasteiger partial charge in [0.25, 0.3) is 0 Å². The van der Waals surface area contributed by atoms with E-state index < -0.39 is 6.10 Å². The normalized spacial score (nSPS) is 14.0. The monoisotopic (exact) mass is 333 g/mol. The molecule has 0 heterocycles. The fourth-order valence-electron chi connectivity index (χ4n) is 2.06. The van der Waals surface area contributed by atoms with Gasteiger partial charge < -0.3 is 10.4 Å². The predicted molar refractivity (Wildman–Crippen MR) is 86.7 cm³/mol. The van der Waals surface area contributed by atoms with Crippen molar-refractivity contribution in [2.45, 2.75) is 26.0 Å². The molecule has 2 N–H and O–H groups in total. The average Bonchev–Trinajstić information content (AvgIpc) is 2.46. The van der Waals surface area contributed by atoms with E-state index in [9.17, 15) is 5.11 Å². The third-order valence-electron chi connectivity index (χ3n) is 3.45. The van der Waals surface area contributed by atoms with Gasteiger partial charge in [-0.3, -0.25) is 0 Å². The number of benzene rings is 2. The smallest absolute Gasteiger partial charge is 0.0914 e. The fourth-order valence-corrected chi connectivity index (χ4v) is 2.33. The Morgan fingerprint density at radius 1 is 1.00 bits per heavy atom. The summed E-state index contributed by atoms with van der Waals surface area (Å²) in [7, 11) is 0. The predicted octanol–water partition coefficient (Wildman–Crippen LogP) is 4.14. The Labute approximate surface area is 129 Å². The van der Waals surface area contributed by atoms with E-state index >= 15 is 0 Å². The largest absolute Gasteiger partial charge is 0.387 e. The second-order valence-corrected chi connectivity index (χ2v) is 6.02. The Morgan fingerprint density at radius 3 is 2.15 bits per heavy atom. The molecule has 0 aliphatic heterocycles. The van der Waals surface area contributed by atoms with Crippen LogP contribution in [-0.2, 0) is 0 Å². The van der Waals surface area contributed by atoms with Crippen molar-refractivity contribution in [3.8, 4) is 0 Å². The molecular weight excluding hydrogens is 314 g/mol. The summed E-state index contributed by atoms with van der Waals surface area (Å²) < 4.78 is 1.08. The van der Waals surface area contributed by atoms with Gasteiger partial charge in [0.15, 0.2) is 0 Å². The standard InChI is InChI=1S/C17H20BrNO/c1-12-3-5-15(6-4-12)17(20)11-19-13(2)14-7-9-16(18)10-8-14/h3-10,13,17,19-20H,11H2,1-2H3/t13-,17-/m0/s1. The first-order chi connectivity index (χ1) is 9.56. The third-order valence-corrected chi connectivity index (χ3v) is 3.98. The van der Waals surface area contributed by atoms with Crippen LogP contribution in [-0.4, -0.2) is 11.7 Å². The van der Waals surface area contributed by atoms with Crippen LogP contribution >= 0.6 is 15.9 Å². The lowest BCUT2D eigenvalue weighted by atomic mass is 10.1. The molecule has 2 aromatic carbocycles. The Morgan fingerprint density at radius 2 is 1.55 bits per heavy atom. The van der Waals surface area contributed by atoms with E-state index in [-0.39, 0.29) is 6.04 Å². The minimum Gasteiger partial charge on any atom is -0.387 e. The molecular formula is C17H20BrNO. The molecule has 0 unspecified atom stereocenters. The topological polar surface area (TPSA) is 32.3 Å². The first-order valence-electron chi connectivity index (χ1n) is 6.80. The van der Waals surface area contributed by atoms with Crippen LogP contribution in [0.1, 0.15) is 35.8 Å². The third kappa shape index (κ3) is 4.17. The molecule has 0 saturated carbocycles. The van der Waals surface area contributed by atoms with Gasteiger partial charge >= 0.3 is 0 Å². The van der Waals surface area contributed by atoms with Gasteiger partial charge in [0.1, 0.15) is 0 Å². The number of nitrogens with one attached hydrogen (secondary N) is 1. The van der Waals surface area contributed by atoms with Gasteiger partial charge in [-0.2, -0.15) is 0 Å². The van der Waals surface area contributed by atoms with Gasteiger partial charge in [-0.1, -0.05) is 57.9 Å². The summed E-state index contributed by atoms with van der Waals surface area (Å²) in [5.74, 6) is 0. The molecule has 2 rings (SSSR count). The highest BCUT2D eigenvalue weighted by Gasteiger charge is 2.10. The number of halogens is 1. The summed E-state index contributed by atoms with van der Waals surface area (Å²) >= 11 is 3.43. The second-order valence-electron chi connectivity index (χ2n) is 5.11. The molecule has 0 saturated heterocycles. The van der Waals surface area contributed by atoms with Crippen LogP contribution in [0, 0.1) is 6.92 Å². The fraction of sp³-hybridized carbons (Fsp3) is 0.294. The van der Waals surface area contributed by atoms with Crippen LogP contribution in [0.5, 0.6) is 0 Å². The van der Waals surface area contributed by atoms with Crippen LogP contribution in [0.4, 0.5) is 0 Å². The lowest BCUT2D eigenvalue weighted by Gasteiger charge is -2.18. The van der Waals surface area contributed by atoms with E-state index in [1.165, 1.54) is 11.1 Å². The van der Waals surface area contributed by atoms with Crippen LogP contribution in [0.3, 0.4) is 0 Å². The molecule has 0 radical (unpaired) electrons. The van der Waals surface area contributed by atoms with Crippen molar-refractivity contribution >= 4 is 15.9 Å². The number of aryl methyl sites for hydroxylation is 1. The van der Waals surface area contributed by atoms with E-state index in [0.29, 0.717) is 6.54 Å². The molecule has 2 nitrogen and oxygen atoms in total. The molecule has 2 atom stereocenters. The zero-order chi connectivity index (χ0) is 14.5. The Hall–Kier alpha value is -1.16. The van der Waals surface area contributed by atoms with E-state index in [1.54, 1.807) is 0 Å². The van der Waals surface area contributed by atoms with E-state index in [0.717, 1.165) is 10.0 Å². The molecule has 106 valence electrons. The number of aliphatic hydroxyl groups is 1. The molecule has 2 aromatic rings. The second kappa shape index (κ2) is 7.02. The van der Waals surface area contributed by atoms with Crippen molar-refractivity contribution in [1.29, 1.82) is 0 Å². The summed E-state index contributed by atoms with van der Waals surface area (Å²) in [6.45, 7) is 4.69. The molecule has 3 heteroatoms. The van der Waals surface area contributed by atoms with Gasteiger partial charge in [-0.05, 0) is 37.1 Å². The van der Waals surface area contributed by atoms with Crippen molar-refractivity contribution < 1.29 is 5.11 Å². The lowest BCUT2D eigenvalue weighted by molar-refractivity contribution is 0.171. The number of hydrogen-bond donors (Lipinski definition) is 2. The van der Waals surface area contributed by atoms with Gasteiger partial charge in [-0.15, -0.1) is 0 Å². The van der Waals surface area contributed by atoms with Crippen LogP contribution in [0.2, 0.25) is 0 Å². The highest BCUT2D eigenvalue weighted by Crippen LogP contribution is 2.18. The van der Waals surface area contributed by atoms with Crippen LogP contribution in [0.15, 0.2) is 53.0 Å². The number of aliphatic hydroxyl groups excluding tert-OH is 1. The maximum atomic E-state index is 10.2. The van der Waals surface area contributed by atoms with Crippen molar-refractivity contribution in [2.24, 2.45) is 0 Å². The van der Waals surface area contributed by atoms with Crippen molar-refractivity contribution in [2.75, 3.05) is 6.54 Å². The maximum Gasteiger partial charge on any atom is 0.0914 e. The van der Waals surface area contributed by atoms with Gasteiger partial charge in [-0.25, -0.2) is 0 Å². The van der Waals surface area contributed by atoms with E-state index in [2.05, 4.69) is 40.3 Å². The molecule has 20 heavy (non-hydrogen) atoms. The number of hydrogen-bond acceptors (Lipinski definition) is 2. The summed E-state index contributed by atoms with van der Waals surface area (Å²) in [6, 6.07) is 16.4.